The number of carbonyl (C=O) groups is 2. The zero-order valence-corrected chi connectivity index (χ0v) is 8.51. The number of carbonyl (C=O) groups excluding carboxylic acids is 2. The molecule has 5 nitrogen and oxygen atoms in total. The van der Waals surface area contributed by atoms with Gasteiger partial charge in [-0.1, -0.05) is 18.2 Å². The fraction of sp³-hybridized carbons (Fsp3) is 0.0909. The molecule has 82 valence electrons. The van der Waals surface area contributed by atoms with Gasteiger partial charge in [-0.05, 0) is 6.07 Å². The number of aromatic nitrogens is 1. The number of hydrogen-bond acceptors (Lipinski definition) is 4. The van der Waals surface area contributed by atoms with Gasteiger partial charge in [0, 0.05) is 5.39 Å². The molecule has 0 aliphatic carbocycles. The number of methoxy groups -OCH3 is 1. The first-order valence-corrected chi connectivity index (χ1v) is 4.56. The first-order valence-electron chi connectivity index (χ1n) is 4.56. The summed E-state index contributed by atoms with van der Waals surface area (Å²) in [5.74, 6) is -0.400. The maximum Gasteiger partial charge on any atom is 0.421 e. The molecule has 0 saturated heterocycles. The highest BCUT2D eigenvalue weighted by atomic mass is 16.5. The van der Waals surface area contributed by atoms with Gasteiger partial charge >= 0.3 is 6.09 Å². The van der Waals surface area contributed by atoms with Crippen molar-refractivity contribution in [2.45, 2.75) is 0 Å². The van der Waals surface area contributed by atoms with Crippen LogP contribution in [-0.2, 0) is 4.74 Å². The largest absolute Gasteiger partial charge is 0.494 e. The Balaban J connectivity index is 2.87. The lowest BCUT2D eigenvalue weighted by Gasteiger charge is -2.02. The summed E-state index contributed by atoms with van der Waals surface area (Å²) in [6.07, 6.45) is -0.223. The number of rotatable bonds is 1. The third kappa shape index (κ3) is 1.25. The van der Waals surface area contributed by atoms with Gasteiger partial charge in [0.1, 0.15) is 0 Å². The predicted octanol–water partition coefficient (Wildman–Crippen LogP) is 1.77. The molecule has 0 saturated carbocycles. The summed E-state index contributed by atoms with van der Waals surface area (Å²) in [6.45, 7) is 0. The van der Waals surface area contributed by atoms with E-state index in [-0.39, 0.29) is 5.56 Å². The van der Waals surface area contributed by atoms with Crippen molar-refractivity contribution in [2.24, 2.45) is 0 Å². The first-order chi connectivity index (χ1) is 7.70. The van der Waals surface area contributed by atoms with Crippen LogP contribution in [0.25, 0.3) is 10.9 Å². The minimum absolute atomic E-state index is 0.0843. The lowest BCUT2D eigenvalue weighted by molar-refractivity contribution is 0.112. The molecule has 0 aliphatic heterocycles. The van der Waals surface area contributed by atoms with Crippen molar-refractivity contribution in [3.8, 4) is 5.88 Å². The normalized spacial score (nSPS) is 10.3. The summed E-state index contributed by atoms with van der Waals surface area (Å²) < 4.78 is 5.49. The Kier molecular flexibility index (Phi) is 2.36. The monoisotopic (exact) mass is 219 g/mol. The smallest absolute Gasteiger partial charge is 0.421 e. The van der Waals surface area contributed by atoms with Crippen molar-refractivity contribution in [3.63, 3.8) is 0 Å². The zero-order valence-electron chi connectivity index (χ0n) is 8.51. The summed E-state index contributed by atoms with van der Waals surface area (Å²) >= 11 is 0. The summed E-state index contributed by atoms with van der Waals surface area (Å²) in [7, 11) is 1.21. The highest BCUT2D eigenvalue weighted by Gasteiger charge is 2.20. The van der Waals surface area contributed by atoms with Crippen molar-refractivity contribution in [3.05, 3.63) is 29.8 Å². The number of aromatic hydroxyl groups is 1. The van der Waals surface area contributed by atoms with Gasteiger partial charge in [-0.3, -0.25) is 4.79 Å². The second-order valence-corrected chi connectivity index (χ2v) is 3.18. The van der Waals surface area contributed by atoms with Crippen molar-refractivity contribution in [1.29, 1.82) is 0 Å². The number of ether oxygens (including phenoxy) is 1. The molecule has 0 fully saturated rings. The maximum atomic E-state index is 11.4. The molecule has 0 atom stereocenters. The van der Waals surface area contributed by atoms with Crippen LogP contribution in [-0.4, -0.2) is 29.2 Å². The highest BCUT2D eigenvalue weighted by molar-refractivity contribution is 6.04. The van der Waals surface area contributed by atoms with Crippen LogP contribution in [0.4, 0.5) is 4.79 Å². The predicted molar refractivity (Wildman–Crippen MR) is 56.8 cm³/mol. The fourth-order valence-corrected chi connectivity index (χ4v) is 1.64. The van der Waals surface area contributed by atoms with E-state index in [1.165, 1.54) is 7.11 Å². The van der Waals surface area contributed by atoms with Crippen LogP contribution < -0.4 is 0 Å². The Morgan fingerprint density at radius 1 is 1.44 bits per heavy atom. The van der Waals surface area contributed by atoms with E-state index in [2.05, 4.69) is 4.74 Å². The van der Waals surface area contributed by atoms with Crippen LogP contribution in [0.3, 0.4) is 0 Å². The van der Waals surface area contributed by atoms with Crippen molar-refractivity contribution < 1.29 is 19.4 Å². The second-order valence-electron chi connectivity index (χ2n) is 3.18. The van der Waals surface area contributed by atoms with E-state index in [4.69, 9.17) is 0 Å². The molecule has 2 aromatic rings. The zero-order chi connectivity index (χ0) is 11.7. The van der Waals surface area contributed by atoms with Gasteiger partial charge in [-0.2, -0.15) is 0 Å². The molecule has 0 unspecified atom stereocenters. The topological polar surface area (TPSA) is 68.5 Å². The van der Waals surface area contributed by atoms with Gasteiger partial charge in [0.25, 0.3) is 0 Å². The Morgan fingerprint density at radius 3 is 2.75 bits per heavy atom. The molecule has 0 spiro atoms. The first kappa shape index (κ1) is 10.2. The lowest BCUT2D eigenvalue weighted by Crippen LogP contribution is -2.10. The average molecular weight is 219 g/mol. The number of fused-ring (bicyclic) bond motifs is 1. The molecular weight excluding hydrogens is 210 g/mol. The van der Waals surface area contributed by atoms with E-state index in [1.807, 2.05) is 0 Å². The number of aldehydes is 1. The summed E-state index contributed by atoms with van der Waals surface area (Å²) in [5, 5.41) is 10.3. The van der Waals surface area contributed by atoms with E-state index in [0.717, 1.165) is 4.57 Å². The number of benzene rings is 1. The summed E-state index contributed by atoms with van der Waals surface area (Å²) in [6, 6.07) is 6.70. The number of para-hydroxylation sites is 1. The highest BCUT2D eigenvalue weighted by Crippen LogP contribution is 2.29. The molecule has 1 aromatic heterocycles. The van der Waals surface area contributed by atoms with Crippen LogP contribution in [0.1, 0.15) is 10.4 Å². The minimum Gasteiger partial charge on any atom is -0.494 e. The molecule has 0 radical (unpaired) electrons. The molecular formula is C11H9NO4. The van der Waals surface area contributed by atoms with E-state index < -0.39 is 12.0 Å². The van der Waals surface area contributed by atoms with E-state index >= 15 is 0 Å². The van der Waals surface area contributed by atoms with Gasteiger partial charge in [-0.15, -0.1) is 0 Å². The maximum absolute atomic E-state index is 11.4. The van der Waals surface area contributed by atoms with Crippen molar-refractivity contribution in [1.82, 2.24) is 4.57 Å². The molecule has 16 heavy (non-hydrogen) atoms. The molecule has 1 aromatic carbocycles. The summed E-state index contributed by atoms with van der Waals surface area (Å²) in [5.41, 5.74) is 0.523. The molecule has 2 rings (SSSR count). The molecule has 0 bridgehead atoms. The Labute approximate surface area is 90.9 Å². The van der Waals surface area contributed by atoms with Crippen LogP contribution in [0.15, 0.2) is 24.3 Å². The van der Waals surface area contributed by atoms with Gasteiger partial charge < -0.3 is 9.84 Å². The molecule has 5 heteroatoms. The molecule has 0 amide bonds. The third-order valence-electron chi connectivity index (χ3n) is 2.36. The Hall–Kier alpha value is -2.30. The Morgan fingerprint density at radius 2 is 2.12 bits per heavy atom. The molecule has 1 heterocycles. The Bertz CT molecular complexity index is 571. The third-order valence-corrected chi connectivity index (χ3v) is 2.36. The van der Waals surface area contributed by atoms with Crippen LogP contribution in [0.5, 0.6) is 5.88 Å². The van der Waals surface area contributed by atoms with Gasteiger partial charge in [0.05, 0.1) is 18.2 Å². The van der Waals surface area contributed by atoms with Crippen LogP contribution >= 0.6 is 0 Å². The minimum atomic E-state index is -0.734. The molecule has 0 aliphatic rings. The van der Waals surface area contributed by atoms with Crippen LogP contribution in [0.2, 0.25) is 0 Å². The van der Waals surface area contributed by atoms with Crippen molar-refractivity contribution in [2.75, 3.05) is 7.11 Å². The van der Waals surface area contributed by atoms with Gasteiger partial charge in [0.15, 0.2) is 6.29 Å². The lowest BCUT2D eigenvalue weighted by atomic mass is 10.2. The number of hydrogen-bond donors (Lipinski definition) is 1. The SMILES string of the molecule is COC(=O)n1c(O)c(C=O)c2ccccc21. The van der Waals surface area contributed by atoms with E-state index in [9.17, 15) is 14.7 Å². The van der Waals surface area contributed by atoms with Crippen LogP contribution in [0, 0.1) is 0 Å². The standard InChI is InChI=1S/C11H9NO4/c1-16-11(15)12-9-5-3-2-4-7(9)8(6-13)10(12)14/h2-6,14H,1H3. The number of nitrogens with zero attached hydrogens (tertiary/aromatic N) is 1. The van der Waals surface area contributed by atoms with E-state index in [1.54, 1.807) is 24.3 Å². The molecule has 1 N–H and O–H groups in total. The van der Waals surface area contributed by atoms with E-state index in [0.29, 0.717) is 17.2 Å². The fourth-order valence-electron chi connectivity index (χ4n) is 1.64. The average Bonchev–Trinajstić information content (AvgIpc) is 2.60. The second kappa shape index (κ2) is 3.69. The van der Waals surface area contributed by atoms with Gasteiger partial charge in [-0.25, -0.2) is 9.36 Å². The van der Waals surface area contributed by atoms with Crippen molar-refractivity contribution >= 4 is 23.3 Å². The quantitative estimate of drug-likeness (QED) is 0.742. The summed E-state index contributed by atoms with van der Waals surface area (Å²) in [4.78, 5) is 22.3. The van der Waals surface area contributed by atoms with Gasteiger partial charge in [0.2, 0.25) is 5.88 Å².